The van der Waals surface area contributed by atoms with Crippen molar-refractivity contribution in [3.05, 3.63) is 29.5 Å². The topological polar surface area (TPSA) is 59.3 Å². The fourth-order valence-electron chi connectivity index (χ4n) is 2.39. The Morgan fingerprint density at radius 3 is 2.48 bits per heavy atom. The van der Waals surface area contributed by atoms with Gasteiger partial charge in [0, 0.05) is 6.20 Å². The molecule has 0 aliphatic heterocycles. The van der Waals surface area contributed by atoms with Crippen molar-refractivity contribution in [3.63, 3.8) is 0 Å². The molecule has 1 unspecified atom stereocenters. The lowest BCUT2D eigenvalue weighted by Gasteiger charge is -2.18. The zero-order chi connectivity index (χ0) is 17.2. The third-order valence-corrected chi connectivity index (χ3v) is 3.69. The molecule has 2 aromatic rings. The molecular formula is C15H19F3N4O. The predicted octanol–water partition coefficient (Wildman–Crippen LogP) is 2.73. The first-order valence-corrected chi connectivity index (χ1v) is 7.29. The summed E-state index contributed by atoms with van der Waals surface area (Å²) in [4.78, 5) is 18.4. The number of rotatable bonds is 3. The lowest BCUT2D eigenvalue weighted by molar-refractivity contribution is -0.162. The first kappa shape index (κ1) is 17.2. The lowest BCUT2D eigenvalue weighted by atomic mass is 10.2. The molecule has 1 atom stereocenters. The molecule has 0 spiro atoms. The maximum absolute atomic E-state index is 12.0. The first-order valence-electron chi connectivity index (χ1n) is 7.29. The van der Waals surface area contributed by atoms with Crippen molar-refractivity contribution >= 4 is 12.1 Å². The third kappa shape index (κ3) is 4.20. The summed E-state index contributed by atoms with van der Waals surface area (Å²) in [5.74, 6) is 1.44. The van der Waals surface area contributed by atoms with Crippen molar-refractivity contribution in [3.8, 4) is 0 Å². The van der Waals surface area contributed by atoms with Gasteiger partial charge in [0.2, 0.25) is 6.41 Å². The second-order valence-corrected chi connectivity index (χ2v) is 5.65. The number of hydrogen-bond donors (Lipinski definition) is 1. The van der Waals surface area contributed by atoms with Gasteiger partial charge in [0.1, 0.15) is 23.3 Å². The summed E-state index contributed by atoms with van der Waals surface area (Å²) in [6, 6.07) is 0.427. The van der Waals surface area contributed by atoms with E-state index in [-0.39, 0.29) is 12.3 Å². The maximum Gasteiger partial charge on any atom is 0.408 e. The Kier molecular flexibility index (Phi) is 4.91. The van der Waals surface area contributed by atoms with Crippen molar-refractivity contribution < 1.29 is 18.0 Å². The van der Waals surface area contributed by atoms with E-state index in [4.69, 9.17) is 0 Å². The number of aryl methyl sites for hydroxylation is 3. The monoisotopic (exact) mass is 328 g/mol. The van der Waals surface area contributed by atoms with Gasteiger partial charge in [-0.3, -0.25) is 9.20 Å². The Morgan fingerprint density at radius 2 is 1.96 bits per heavy atom. The molecule has 2 heterocycles. The van der Waals surface area contributed by atoms with E-state index in [0.717, 1.165) is 17.3 Å². The quantitative estimate of drug-likeness (QED) is 0.882. The molecule has 0 aromatic carbocycles. The molecule has 0 bridgehead atoms. The number of carbonyl (C=O) groups excluding carboxylic acids is 1. The van der Waals surface area contributed by atoms with Gasteiger partial charge in [0.05, 0.1) is 0 Å². The SMILES string of the molecule is Cc1nc(C)n2ccc(C)c2n1.O=CNC(C1CC1)C(F)(F)F. The Labute approximate surface area is 131 Å². The van der Waals surface area contributed by atoms with E-state index in [9.17, 15) is 18.0 Å². The molecule has 0 saturated heterocycles. The molecule has 1 N–H and O–H groups in total. The average Bonchev–Trinajstić information content (AvgIpc) is 3.20. The Balaban J connectivity index is 0.000000168. The van der Waals surface area contributed by atoms with Crippen molar-refractivity contribution in [1.29, 1.82) is 0 Å². The van der Waals surface area contributed by atoms with E-state index in [1.165, 1.54) is 5.56 Å². The van der Waals surface area contributed by atoms with Crippen LogP contribution in [0.15, 0.2) is 12.3 Å². The zero-order valence-electron chi connectivity index (χ0n) is 13.2. The van der Waals surface area contributed by atoms with Gasteiger partial charge in [-0.1, -0.05) is 0 Å². The molecule has 8 heteroatoms. The first-order chi connectivity index (χ1) is 10.7. The average molecular weight is 328 g/mol. The number of carbonyl (C=O) groups is 1. The lowest BCUT2D eigenvalue weighted by Crippen LogP contribution is -2.43. The summed E-state index contributed by atoms with van der Waals surface area (Å²) in [6.07, 6.45) is -1.06. The maximum atomic E-state index is 12.0. The molecular weight excluding hydrogens is 309 g/mol. The van der Waals surface area contributed by atoms with Crippen LogP contribution in [0.4, 0.5) is 13.2 Å². The molecule has 3 rings (SSSR count). The van der Waals surface area contributed by atoms with Crippen LogP contribution in [0.5, 0.6) is 0 Å². The molecule has 23 heavy (non-hydrogen) atoms. The van der Waals surface area contributed by atoms with Gasteiger partial charge in [-0.05, 0) is 51.2 Å². The standard InChI is InChI=1S/C9H11N3.C6H8F3NO/c1-6-4-5-12-8(3)10-7(2)11-9(6)12;7-6(8,9)5(10-3-11)4-1-2-4/h4-5H,1-3H3;3-5H,1-2H2,(H,10,11). The Bertz CT molecular complexity index is 692. The summed E-state index contributed by atoms with van der Waals surface area (Å²) < 4.78 is 37.9. The van der Waals surface area contributed by atoms with Crippen LogP contribution in [0.1, 0.15) is 30.1 Å². The number of aromatic nitrogens is 3. The van der Waals surface area contributed by atoms with Crippen LogP contribution in [0, 0.1) is 26.7 Å². The molecule has 1 saturated carbocycles. The van der Waals surface area contributed by atoms with Crippen LogP contribution >= 0.6 is 0 Å². The number of amides is 1. The summed E-state index contributed by atoms with van der Waals surface area (Å²) in [5.41, 5.74) is 2.21. The highest BCUT2D eigenvalue weighted by molar-refractivity contribution is 5.48. The molecule has 0 radical (unpaired) electrons. The van der Waals surface area contributed by atoms with Gasteiger partial charge in [0.25, 0.3) is 0 Å². The second kappa shape index (κ2) is 6.55. The fourth-order valence-corrected chi connectivity index (χ4v) is 2.39. The number of fused-ring (bicyclic) bond motifs is 1. The number of alkyl halides is 3. The van der Waals surface area contributed by atoms with Crippen LogP contribution in [-0.4, -0.2) is 33.0 Å². The van der Waals surface area contributed by atoms with E-state index < -0.39 is 12.2 Å². The number of halogens is 3. The van der Waals surface area contributed by atoms with E-state index in [1.54, 1.807) is 5.32 Å². The summed E-state index contributed by atoms with van der Waals surface area (Å²) in [7, 11) is 0. The molecule has 1 amide bonds. The Morgan fingerprint density at radius 1 is 1.30 bits per heavy atom. The molecule has 2 aromatic heterocycles. The van der Waals surface area contributed by atoms with Gasteiger partial charge in [0.15, 0.2) is 0 Å². The van der Waals surface area contributed by atoms with Crippen molar-refractivity contribution in [2.45, 2.75) is 45.8 Å². The fraction of sp³-hybridized carbons (Fsp3) is 0.533. The van der Waals surface area contributed by atoms with Crippen LogP contribution in [0.25, 0.3) is 5.65 Å². The molecule has 1 fully saturated rings. The summed E-state index contributed by atoms with van der Waals surface area (Å²) in [5, 5.41) is 1.78. The zero-order valence-corrected chi connectivity index (χ0v) is 13.2. The number of hydrogen-bond acceptors (Lipinski definition) is 3. The molecule has 5 nitrogen and oxygen atoms in total. The molecule has 126 valence electrons. The van der Waals surface area contributed by atoms with Crippen LogP contribution in [-0.2, 0) is 4.79 Å². The third-order valence-electron chi connectivity index (χ3n) is 3.69. The number of nitrogens with one attached hydrogen (secondary N) is 1. The highest BCUT2D eigenvalue weighted by Gasteiger charge is 2.48. The second-order valence-electron chi connectivity index (χ2n) is 5.65. The van der Waals surface area contributed by atoms with Gasteiger partial charge in [-0.25, -0.2) is 9.97 Å². The Hall–Kier alpha value is -2.12. The minimum atomic E-state index is -4.29. The number of nitrogens with zero attached hydrogens (tertiary/aromatic N) is 3. The van der Waals surface area contributed by atoms with E-state index >= 15 is 0 Å². The molecule has 1 aliphatic carbocycles. The minimum absolute atomic E-state index is 0.108. The van der Waals surface area contributed by atoms with Gasteiger partial charge < -0.3 is 5.32 Å². The van der Waals surface area contributed by atoms with Gasteiger partial charge in [-0.2, -0.15) is 13.2 Å². The van der Waals surface area contributed by atoms with E-state index in [2.05, 4.69) is 23.0 Å². The predicted molar refractivity (Wildman–Crippen MR) is 79.0 cm³/mol. The van der Waals surface area contributed by atoms with Gasteiger partial charge in [-0.15, -0.1) is 0 Å². The normalized spacial score (nSPS) is 15.7. The minimum Gasteiger partial charge on any atom is -0.347 e. The van der Waals surface area contributed by atoms with Crippen molar-refractivity contribution in [1.82, 2.24) is 19.7 Å². The summed E-state index contributed by atoms with van der Waals surface area (Å²) >= 11 is 0. The molecule has 1 aliphatic rings. The van der Waals surface area contributed by atoms with Crippen molar-refractivity contribution in [2.24, 2.45) is 5.92 Å². The summed E-state index contributed by atoms with van der Waals surface area (Å²) in [6.45, 7) is 5.96. The van der Waals surface area contributed by atoms with Crippen LogP contribution < -0.4 is 5.32 Å². The van der Waals surface area contributed by atoms with Gasteiger partial charge >= 0.3 is 6.18 Å². The highest BCUT2D eigenvalue weighted by atomic mass is 19.4. The van der Waals surface area contributed by atoms with E-state index in [1.807, 2.05) is 24.4 Å². The van der Waals surface area contributed by atoms with Crippen LogP contribution in [0.3, 0.4) is 0 Å². The largest absolute Gasteiger partial charge is 0.408 e. The van der Waals surface area contributed by atoms with Crippen LogP contribution in [0.2, 0.25) is 0 Å². The highest BCUT2D eigenvalue weighted by Crippen LogP contribution is 2.39. The van der Waals surface area contributed by atoms with Crippen molar-refractivity contribution in [2.75, 3.05) is 0 Å². The van der Waals surface area contributed by atoms with E-state index in [0.29, 0.717) is 12.8 Å². The smallest absolute Gasteiger partial charge is 0.347 e.